The van der Waals surface area contributed by atoms with Gasteiger partial charge >= 0.3 is 0 Å². The van der Waals surface area contributed by atoms with Crippen molar-refractivity contribution < 1.29 is 0 Å². The fourth-order valence-electron chi connectivity index (χ4n) is 22.5. The van der Waals surface area contributed by atoms with E-state index in [2.05, 4.69) is 383 Å². The zero-order valence-corrected chi connectivity index (χ0v) is 66.7. The van der Waals surface area contributed by atoms with Gasteiger partial charge in [-0.2, -0.15) is 0 Å². The first-order chi connectivity index (χ1) is 59.6. The summed E-state index contributed by atoms with van der Waals surface area (Å²) in [4.78, 5) is 0. The number of aromatic nitrogens is 3. The molecule has 0 radical (unpaired) electrons. The Morgan fingerprint density at radius 3 is 0.908 bits per heavy atom. The van der Waals surface area contributed by atoms with Crippen LogP contribution in [0.25, 0.3) is 284 Å². The minimum atomic E-state index is 1.25. The van der Waals surface area contributed by atoms with Crippen molar-refractivity contribution >= 4 is 273 Å². The summed E-state index contributed by atoms with van der Waals surface area (Å²) in [7, 11) is 0. The third-order valence-electron chi connectivity index (χ3n) is 27.3. The summed E-state index contributed by atoms with van der Waals surface area (Å²) in [5.41, 5.74) is 22.2. The maximum Gasteiger partial charge on any atom is 0.0626 e. The molecule has 0 amide bonds. The summed E-state index contributed by atoms with van der Waals surface area (Å²) >= 11 is 5.69. The summed E-state index contributed by atoms with van der Waals surface area (Å²) in [6.07, 6.45) is 0. The SMILES string of the molecule is c1cc(-c2cccc3c2sc2ccccc23)cc(-c2ccc3c4c2c2ccccc2c2ccc5c6ccccc6n3c5c24)c1.c1ccc2c(c1)sc1c(-c3ccc4c5c3c3ccccc3c3ccc6c7ccccc7n4c6c35)cccc12.c1ccc2c(c1)sc1ccc(-c3ccc4c5c3c3ccccc3c3ccc6c7ccccc7n4c6c35)cc12. The van der Waals surface area contributed by atoms with E-state index in [1.165, 1.54) is 284 Å². The molecular formula is C114H61N3S3. The Morgan fingerprint density at radius 1 is 0.142 bits per heavy atom. The smallest absolute Gasteiger partial charge is 0.0626 e. The highest BCUT2D eigenvalue weighted by atomic mass is 32.1. The molecule has 0 spiro atoms. The minimum absolute atomic E-state index is 1.25. The molecule has 0 aliphatic heterocycles. The third-order valence-corrected chi connectivity index (χ3v) is 30.9. The maximum atomic E-state index is 2.51. The van der Waals surface area contributed by atoms with Gasteiger partial charge < -0.3 is 13.2 Å². The fraction of sp³-hybridized carbons (Fsp3) is 0. The van der Waals surface area contributed by atoms with Crippen molar-refractivity contribution in [3.63, 3.8) is 0 Å². The highest BCUT2D eigenvalue weighted by Gasteiger charge is 2.30. The number of thiophene rings is 3. The van der Waals surface area contributed by atoms with Crippen LogP contribution < -0.4 is 0 Å². The van der Waals surface area contributed by atoms with Gasteiger partial charge in [0, 0.05) is 147 Å². The predicted octanol–water partition coefficient (Wildman–Crippen LogP) is 33.5. The monoisotopic (exact) mass is 1570 g/mol. The molecule has 0 saturated heterocycles. The molecule has 3 nitrogen and oxygen atoms in total. The lowest BCUT2D eigenvalue weighted by molar-refractivity contribution is 1.37. The normalized spacial score (nSPS) is 12.7. The molecule has 9 aromatic heterocycles. The average Bonchev–Trinajstić information content (AvgIpc) is 1.54. The van der Waals surface area contributed by atoms with Crippen LogP contribution in [-0.2, 0) is 0 Å². The van der Waals surface area contributed by atoms with E-state index in [-0.39, 0.29) is 0 Å². The molecule has 9 heterocycles. The van der Waals surface area contributed by atoms with Crippen LogP contribution in [-0.4, -0.2) is 13.2 Å². The van der Waals surface area contributed by atoms with Crippen molar-refractivity contribution in [2.45, 2.75) is 0 Å². The lowest BCUT2D eigenvalue weighted by Crippen LogP contribution is -1.88. The van der Waals surface area contributed by atoms with Gasteiger partial charge in [0.2, 0.25) is 0 Å². The third kappa shape index (κ3) is 8.27. The first-order valence-corrected chi connectivity index (χ1v) is 43.9. The number of rotatable bonds is 4. The molecule has 0 aliphatic carbocycles. The molecule has 31 aromatic rings. The van der Waals surface area contributed by atoms with Crippen molar-refractivity contribution in [2.24, 2.45) is 0 Å². The van der Waals surface area contributed by atoms with E-state index in [9.17, 15) is 0 Å². The standard InChI is InChI=1S/C42H23NS.2C36H19NS/c1-2-14-31-28(11-1)32-19-20-33-29-12-3-5-17-35(29)43-36-22-21-26(38(31)40(36)39(32)41(33)43)24-9-7-10-25(23-24)27-15-8-16-34-30-13-4-6-18-37(30)44-42(27)34;1-2-11-23-20(8-1)24-16-17-26-21-9-3-5-14-29(21)37-30-19-18-25(32(23)34(30)33(24)35(26)37)28-13-7-12-27-22-10-4-6-15-31(22)38-36(27)28;1-2-10-25-22(7-1)26-14-15-27-23-8-3-5-11-29(23)37-30-17-16-21(33(25)35(30)34(26)36(27)37)20-13-18-32-28(19-20)24-9-4-6-12-31(24)38-32/h1-23H;2*1-19H. The number of hydrogen-bond acceptors (Lipinski definition) is 3. The number of nitrogens with zero attached hydrogens (tertiary/aromatic N) is 3. The van der Waals surface area contributed by atoms with Gasteiger partial charge in [-0.15, -0.1) is 34.0 Å². The van der Waals surface area contributed by atoms with Gasteiger partial charge in [-0.3, -0.25) is 0 Å². The molecular weight excluding hydrogens is 1510 g/mol. The molecule has 0 unspecified atom stereocenters. The topological polar surface area (TPSA) is 13.2 Å². The van der Waals surface area contributed by atoms with Gasteiger partial charge in [-0.1, -0.05) is 297 Å². The Balaban J connectivity index is 0.0000000916. The highest BCUT2D eigenvalue weighted by Crippen LogP contribution is 2.56. The quantitative estimate of drug-likeness (QED) is 0.156. The summed E-state index contributed by atoms with van der Waals surface area (Å²) < 4.78 is 15.6. The Kier molecular flexibility index (Phi) is 12.6. The zero-order valence-electron chi connectivity index (χ0n) is 64.3. The first kappa shape index (κ1) is 64.4. The Bertz CT molecular complexity index is 9830. The van der Waals surface area contributed by atoms with Gasteiger partial charge in [0.1, 0.15) is 0 Å². The molecule has 6 heteroatoms. The van der Waals surface area contributed by atoms with Crippen LogP contribution in [0.3, 0.4) is 0 Å². The number of benzene rings is 22. The van der Waals surface area contributed by atoms with Crippen molar-refractivity contribution in [1.82, 2.24) is 13.2 Å². The number of hydrogen-bond donors (Lipinski definition) is 0. The van der Waals surface area contributed by atoms with Crippen molar-refractivity contribution in [1.29, 1.82) is 0 Å². The highest BCUT2D eigenvalue weighted by molar-refractivity contribution is 7.27. The lowest BCUT2D eigenvalue weighted by atomic mass is 9.88. The molecule has 31 rings (SSSR count). The molecule has 0 N–H and O–H groups in total. The molecule has 22 aromatic carbocycles. The van der Waals surface area contributed by atoms with Crippen molar-refractivity contribution in [3.8, 4) is 44.5 Å². The van der Waals surface area contributed by atoms with Crippen LogP contribution in [0.15, 0.2) is 370 Å². The van der Waals surface area contributed by atoms with Crippen LogP contribution >= 0.6 is 34.0 Å². The van der Waals surface area contributed by atoms with Crippen LogP contribution in [0, 0.1) is 0 Å². The minimum Gasteiger partial charge on any atom is -0.308 e. The van der Waals surface area contributed by atoms with E-state index >= 15 is 0 Å². The average molecular weight is 1570 g/mol. The molecule has 0 atom stereocenters. The van der Waals surface area contributed by atoms with Crippen molar-refractivity contribution in [2.75, 3.05) is 0 Å². The number of para-hydroxylation sites is 3. The van der Waals surface area contributed by atoms with Gasteiger partial charge in [0.05, 0.1) is 49.7 Å². The number of fused-ring (bicyclic) bond motifs is 30. The predicted molar refractivity (Wildman–Crippen MR) is 522 cm³/mol. The molecule has 0 aliphatic rings. The molecule has 120 heavy (non-hydrogen) atoms. The van der Waals surface area contributed by atoms with E-state index in [1.54, 1.807) is 0 Å². The maximum absolute atomic E-state index is 2.51. The summed E-state index contributed by atoms with van der Waals surface area (Å²) in [6.45, 7) is 0. The van der Waals surface area contributed by atoms with Gasteiger partial charge in [-0.25, -0.2) is 0 Å². The second-order valence-corrected chi connectivity index (χ2v) is 36.1. The van der Waals surface area contributed by atoms with E-state index in [1.807, 2.05) is 34.0 Å². The molecule has 0 fully saturated rings. The summed E-state index contributed by atoms with van der Waals surface area (Å²) in [5.74, 6) is 0. The second kappa shape index (κ2) is 23.5. The summed E-state index contributed by atoms with van der Waals surface area (Å²) in [6, 6.07) is 138. The fourth-order valence-corrected chi connectivity index (χ4v) is 26.0. The molecule has 0 bridgehead atoms. The zero-order chi connectivity index (χ0) is 77.6. The van der Waals surface area contributed by atoms with Crippen LogP contribution in [0.4, 0.5) is 0 Å². The Labute approximate surface area is 695 Å². The summed E-state index contributed by atoms with van der Waals surface area (Å²) in [5, 5.41) is 40.5. The lowest BCUT2D eigenvalue weighted by Gasteiger charge is -2.14. The van der Waals surface area contributed by atoms with Gasteiger partial charge in [0.25, 0.3) is 0 Å². The van der Waals surface area contributed by atoms with Crippen LogP contribution in [0.5, 0.6) is 0 Å². The van der Waals surface area contributed by atoms with E-state index in [0.29, 0.717) is 0 Å². The van der Waals surface area contributed by atoms with Gasteiger partial charge in [-0.05, 0) is 160 Å². The largest absolute Gasteiger partial charge is 0.308 e. The first-order valence-electron chi connectivity index (χ1n) is 41.4. The van der Waals surface area contributed by atoms with Crippen molar-refractivity contribution in [3.05, 3.63) is 370 Å². The Hall–Kier alpha value is -14.8. The van der Waals surface area contributed by atoms with Crippen LogP contribution in [0.2, 0.25) is 0 Å². The van der Waals surface area contributed by atoms with E-state index in [0.717, 1.165) is 0 Å². The van der Waals surface area contributed by atoms with E-state index < -0.39 is 0 Å². The van der Waals surface area contributed by atoms with Crippen LogP contribution in [0.1, 0.15) is 0 Å². The second-order valence-electron chi connectivity index (χ2n) is 32.9. The van der Waals surface area contributed by atoms with E-state index in [4.69, 9.17) is 0 Å². The molecule has 550 valence electrons. The molecule has 0 saturated carbocycles. The van der Waals surface area contributed by atoms with Gasteiger partial charge in [0.15, 0.2) is 0 Å². The Morgan fingerprint density at radius 2 is 0.450 bits per heavy atom.